The van der Waals surface area contributed by atoms with Crippen molar-refractivity contribution in [2.45, 2.75) is 25.7 Å². The van der Waals surface area contributed by atoms with E-state index in [2.05, 4.69) is 5.32 Å². The van der Waals surface area contributed by atoms with Crippen LogP contribution < -0.4 is 5.32 Å². The molecule has 0 unspecified atom stereocenters. The second kappa shape index (κ2) is 8.81. The maximum absolute atomic E-state index is 13.9. The number of aryl methyl sites for hydroxylation is 1. The molecule has 0 spiro atoms. The molecule has 158 valence electrons. The topological polar surface area (TPSA) is 79.6 Å². The summed E-state index contributed by atoms with van der Waals surface area (Å²) in [4.78, 5) is 12.7. The van der Waals surface area contributed by atoms with Gasteiger partial charge in [0.25, 0.3) is 5.91 Å². The molecule has 0 radical (unpaired) electrons. The highest BCUT2D eigenvalue weighted by molar-refractivity contribution is 7.89. The number of benzene rings is 2. The lowest BCUT2D eigenvalue weighted by atomic mass is 10.1. The van der Waals surface area contributed by atoms with E-state index in [9.17, 15) is 17.6 Å². The van der Waals surface area contributed by atoms with Gasteiger partial charge in [0, 0.05) is 18.8 Å². The van der Waals surface area contributed by atoms with Crippen molar-refractivity contribution >= 4 is 21.6 Å². The molecule has 0 atom stereocenters. The fourth-order valence-corrected chi connectivity index (χ4v) is 4.54. The Kier molecular flexibility index (Phi) is 6.38. The van der Waals surface area contributed by atoms with Gasteiger partial charge in [-0.2, -0.15) is 4.31 Å². The Morgan fingerprint density at radius 1 is 1.07 bits per heavy atom. The van der Waals surface area contributed by atoms with Crippen molar-refractivity contribution in [3.63, 3.8) is 0 Å². The first-order valence-electron chi connectivity index (χ1n) is 9.54. The fraction of sp³-hybridized carbons (Fsp3) is 0.227. The van der Waals surface area contributed by atoms with Gasteiger partial charge in [-0.3, -0.25) is 4.79 Å². The van der Waals surface area contributed by atoms with Crippen molar-refractivity contribution in [3.8, 4) is 11.3 Å². The van der Waals surface area contributed by atoms with Gasteiger partial charge in [0.1, 0.15) is 11.6 Å². The summed E-state index contributed by atoms with van der Waals surface area (Å²) in [5.74, 6) is -0.792. The number of hydrogen-bond donors (Lipinski definition) is 1. The smallest absolute Gasteiger partial charge is 0.291 e. The second-order valence-corrected chi connectivity index (χ2v) is 8.60. The van der Waals surface area contributed by atoms with Crippen LogP contribution in [0.15, 0.2) is 63.9 Å². The Labute approximate surface area is 175 Å². The standard InChI is InChI=1S/C22H23FN2O4S/c1-4-25(5-2)30(27,28)16-11-10-15(3)19(14-16)24-22(26)21-13-12-20(29-21)17-8-6-7-9-18(17)23/h6-14H,4-5H2,1-3H3,(H,24,26). The van der Waals surface area contributed by atoms with E-state index in [1.807, 2.05) is 0 Å². The molecule has 0 aliphatic rings. The quantitative estimate of drug-likeness (QED) is 0.590. The predicted molar refractivity (Wildman–Crippen MR) is 113 cm³/mol. The summed E-state index contributed by atoms with van der Waals surface area (Å²) in [5, 5.41) is 2.68. The van der Waals surface area contributed by atoms with E-state index in [4.69, 9.17) is 4.42 Å². The lowest BCUT2D eigenvalue weighted by Gasteiger charge is -2.19. The number of hydrogen-bond acceptors (Lipinski definition) is 4. The van der Waals surface area contributed by atoms with Crippen LogP contribution in [0.25, 0.3) is 11.3 Å². The second-order valence-electron chi connectivity index (χ2n) is 6.66. The Morgan fingerprint density at radius 2 is 1.77 bits per heavy atom. The van der Waals surface area contributed by atoms with Crippen LogP contribution in [-0.2, 0) is 10.0 Å². The molecule has 3 rings (SSSR count). The molecule has 8 heteroatoms. The van der Waals surface area contributed by atoms with Gasteiger partial charge in [-0.25, -0.2) is 12.8 Å². The molecule has 0 aliphatic heterocycles. The van der Waals surface area contributed by atoms with Crippen molar-refractivity contribution in [2.75, 3.05) is 18.4 Å². The highest BCUT2D eigenvalue weighted by atomic mass is 32.2. The van der Waals surface area contributed by atoms with Crippen LogP contribution in [0.2, 0.25) is 0 Å². The van der Waals surface area contributed by atoms with Crippen molar-refractivity contribution in [3.05, 3.63) is 71.7 Å². The summed E-state index contributed by atoms with van der Waals surface area (Å²) < 4.78 is 46.3. The van der Waals surface area contributed by atoms with Crippen molar-refractivity contribution < 1.29 is 22.0 Å². The summed E-state index contributed by atoms with van der Waals surface area (Å²) in [6, 6.07) is 13.7. The number of rotatable bonds is 7. The minimum Gasteiger partial charge on any atom is -0.451 e. The molecule has 0 fully saturated rings. The number of halogens is 1. The third-order valence-electron chi connectivity index (χ3n) is 4.77. The Balaban J connectivity index is 1.87. The number of nitrogens with one attached hydrogen (secondary N) is 1. The van der Waals surface area contributed by atoms with Crippen LogP contribution in [0.5, 0.6) is 0 Å². The van der Waals surface area contributed by atoms with E-state index in [0.717, 1.165) is 0 Å². The average Bonchev–Trinajstić information content (AvgIpc) is 3.20. The summed E-state index contributed by atoms with van der Waals surface area (Å²) in [6.07, 6.45) is 0. The Bertz CT molecular complexity index is 1170. The zero-order valence-corrected chi connectivity index (χ0v) is 17.8. The molecule has 1 aromatic heterocycles. The summed E-state index contributed by atoms with van der Waals surface area (Å²) in [6.45, 7) is 5.99. The highest BCUT2D eigenvalue weighted by Gasteiger charge is 2.23. The minimum absolute atomic E-state index is 0.00958. The molecule has 0 bridgehead atoms. The van der Waals surface area contributed by atoms with Gasteiger partial charge < -0.3 is 9.73 Å². The van der Waals surface area contributed by atoms with Gasteiger partial charge in [-0.05, 0) is 48.9 Å². The van der Waals surface area contributed by atoms with Crippen LogP contribution in [0.3, 0.4) is 0 Å². The van der Waals surface area contributed by atoms with Gasteiger partial charge in [-0.1, -0.05) is 32.0 Å². The first kappa shape index (κ1) is 21.7. The van der Waals surface area contributed by atoms with Crippen molar-refractivity contribution in [2.24, 2.45) is 0 Å². The highest BCUT2D eigenvalue weighted by Crippen LogP contribution is 2.27. The minimum atomic E-state index is -3.66. The monoisotopic (exact) mass is 430 g/mol. The number of nitrogens with zero attached hydrogens (tertiary/aromatic N) is 1. The zero-order valence-electron chi connectivity index (χ0n) is 17.0. The number of carbonyl (C=O) groups excluding carboxylic acids is 1. The van der Waals surface area contributed by atoms with Gasteiger partial charge in [0.05, 0.1) is 10.5 Å². The molecule has 1 N–H and O–H groups in total. The van der Waals surface area contributed by atoms with Crippen LogP contribution in [0.4, 0.5) is 10.1 Å². The molecule has 6 nitrogen and oxygen atoms in total. The number of amides is 1. The van der Waals surface area contributed by atoms with E-state index in [1.165, 1.54) is 34.6 Å². The first-order valence-corrected chi connectivity index (χ1v) is 11.0. The number of anilines is 1. The lowest BCUT2D eigenvalue weighted by Crippen LogP contribution is -2.30. The maximum atomic E-state index is 13.9. The first-order chi connectivity index (χ1) is 14.3. The maximum Gasteiger partial charge on any atom is 0.291 e. The van der Waals surface area contributed by atoms with Gasteiger partial charge in [0.15, 0.2) is 5.76 Å². The molecule has 1 amide bonds. The molecule has 2 aromatic carbocycles. The van der Waals surface area contributed by atoms with Gasteiger partial charge in [0.2, 0.25) is 10.0 Å². The predicted octanol–water partition coefficient (Wildman–Crippen LogP) is 4.68. The lowest BCUT2D eigenvalue weighted by molar-refractivity contribution is 0.0997. The van der Waals surface area contributed by atoms with E-state index >= 15 is 0 Å². The Hall–Kier alpha value is -2.97. The summed E-state index contributed by atoms with van der Waals surface area (Å²) >= 11 is 0. The number of carbonyl (C=O) groups is 1. The summed E-state index contributed by atoms with van der Waals surface area (Å²) in [7, 11) is -3.66. The van der Waals surface area contributed by atoms with Gasteiger partial charge in [-0.15, -0.1) is 0 Å². The molecule has 30 heavy (non-hydrogen) atoms. The molecular formula is C22H23FN2O4S. The van der Waals surface area contributed by atoms with Gasteiger partial charge >= 0.3 is 0 Å². The van der Waals surface area contributed by atoms with Crippen LogP contribution in [0.1, 0.15) is 30.0 Å². The molecule has 0 saturated heterocycles. The largest absolute Gasteiger partial charge is 0.451 e. The third kappa shape index (κ3) is 4.29. The summed E-state index contributed by atoms with van der Waals surface area (Å²) in [5.41, 5.74) is 1.31. The Morgan fingerprint density at radius 3 is 2.43 bits per heavy atom. The van der Waals surface area contributed by atoms with E-state index < -0.39 is 21.7 Å². The third-order valence-corrected chi connectivity index (χ3v) is 6.82. The fourth-order valence-electron chi connectivity index (χ4n) is 3.06. The molecular weight excluding hydrogens is 407 g/mol. The normalized spacial score (nSPS) is 11.6. The molecule has 1 heterocycles. The number of sulfonamides is 1. The van der Waals surface area contributed by atoms with Crippen molar-refractivity contribution in [1.82, 2.24) is 4.31 Å². The molecule has 0 saturated carbocycles. The van der Waals surface area contributed by atoms with Crippen LogP contribution in [-0.4, -0.2) is 31.7 Å². The molecule has 3 aromatic rings. The van der Waals surface area contributed by atoms with Crippen LogP contribution in [0, 0.1) is 12.7 Å². The molecule has 0 aliphatic carbocycles. The average molecular weight is 431 g/mol. The van der Waals surface area contributed by atoms with Crippen LogP contribution >= 0.6 is 0 Å². The number of furan rings is 1. The van der Waals surface area contributed by atoms with E-state index in [-0.39, 0.29) is 22.0 Å². The van der Waals surface area contributed by atoms with E-state index in [1.54, 1.807) is 45.0 Å². The van der Waals surface area contributed by atoms with E-state index in [0.29, 0.717) is 24.3 Å². The SMILES string of the molecule is CCN(CC)S(=O)(=O)c1ccc(C)c(NC(=O)c2ccc(-c3ccccc3F)o2)c1. The zero-order chi connectivity index (χ0) is 21.9. The van der Waals surface area contributed by atoms with Crippen molar-refractivity contribution in [1.29, 1.82) is 0 Å².